The van der Waals surface area contributed by atoms with Gasteiger partial charge in [0.1, 0.15) is 18.8 Å². The standard InChI is InChI=1S/C26H31ClN2O4/c1-26(2,25(31)29-13-11-22(12-14-29)28-15-17-32-18-16-28)33-23-9-5-20(6-10-23)24(30)19-3-7-21(27)8-4-19/h3-10,22H,11-18H2,1-2H3/p+1. The zero-order valence-corrected chi connectivity index (χ0v) is 20.1. The van der Waals surface area contributed by atoms with Crippen molar-refractivity contribution in [1.82, 2.24) is 4.90 Å². The molecule has 2 aliphatic rings. The SMILES string of the molecule is CC(C)(Oc1ccc(C(=O)c2ccc(Cl)cc2)cc1)C(=O)N1CCC([NH+]2CCOCC2)CC1. The molecule has 0 radical (unpaired) electrons. The molecule has 2 aromatic rings. The Bertz CT molecular complexity index is 961. The Labute approximate surface area is 200 Å². The van der Waals surface area contributed by atoms with Gasteiger partial charge in [-0.25, -0.2) is 0 Å². The summed E-state index contributed by atoms with van der Waals surface area (Å²) >= 11 is 5.90. The normalized spacial score (nSPS) is 18.2. The predicted molar refractivity (Wildman–Crippen MR) is 127 cm³/mol. The van der Waals surface area contributed by atoms with Crippen LogP contribution in [0.3, 0.4) is 0 Å². The average Bonchev–Trinajstić information content (AvgIpc) is 2.84. The summed E-state index contributed by atoms with van der Waals surface area (Å²) < 4.78 is 11.5. The largest absolute Gasteiger partial charge is 0.478 e. The molecule has 4 rings (SSSR count). The number of likely N-dealkylation sites (tertiary alicyclic amines) is 1. The van der Waals surface area contributed by atoms with Crippen LogP contribution in [-0.2, 0) is 9.53 Å². The van der Waals surface area contributed by atoms with Gasteiger partial charge in [0, 0.05) is 42.1 Å². The molecule has 2 fully saturated rings. The van der Waals surface area contributed by atoms with E-state index in [2.05, 4.69) is 0 Å². The summed E-state index contributed by atoms with van der Waals surface area (Å²) in [5, 5.41) is 0.591. The molecule has 0 bridgehead atoms. The molecule has 1 amide bonds. The molecule has 2 aliphatic heterocycles. The van der Waals surface area contributed by atoms with Crippen molar-refractivity contribution in [2.75, 3.05) is 39.4 Å². The van der Waals surface area contributed by atoms with Crippen LogP contribution in [0.5, 0.6) is 5.75 Å². The van der Waals surface area contributed by atoms with Gasteiger partial charge in [0.25, 0.3) is 5.91 Å². The number of nitrogens with one attached hydrogen (secondary N) is 1. The number of carbonyl (C=O) groups is 2. The maximum atomic E-state index is 13.2. The van der Waals surface area contributed by atoms with Gasteiger partial charge < -0.3 is 19.3 Å². The molecule has 0 unspecified atom stereocenters. The number of hydrogen-bond acceptors (Lipinski definition) is 4. The van der Waals surface area contributed by atoms with E-state index in [1.165, 1.54) is 0 Å². The van der Waals surface area contributed by atoms with Crippen molar-refractivity contribution in [3.8, 4) is 5.75 Å². The second-order valence-electron chi connectivity index (χ2n) is 9.31. The molecule has 2 heterocycles. The number of ether oxygens (including phenoxy) is 2. The first kappa shape index (κ1) is 23.7. The van der Waals surface area contributed by atoms with Crippen LogP contribution in [0, 0.1) is 0 Å². The first-order valence-corrected chi connectivity index (χ1v) is 12.0. The highest BCUT2D eigenvalue weighted by Gasteiger charge is 2.38. The molecule has 0 aromatic heterocycles. The lowest BCUT2D eigenvalue weighted by atomic mass is 9.99. The average molecular weight is 472 g/mol. The van der Waals surface area contributed by atoms with Gasteiger partial charge in [-0.15, -0.1) is 0 Å². The summed E-state index contributed by atoms with van der Waals surface area (Å²) in [5.41, 5.74) is 0.146. The van der Waals surface area contributed by atoms with Crippen LogP contribution in [0.1, 0.15) is 42.6 Å². The fourth-order valence-electron chi connectivity index (χ4n) is 4.69. The summed E-state index contributed by atoms with van der Waals surface area (Å²) in [6.45, 7) is 8.92. The van der Waals surface area contributed by atoms with Gasteiger partial charge in [-0.3, -0.25) is 9.59 Å². The van der Waals surface area contributed by atoms with Crippen molar-refractivity contribution < 1.29 is 24.0 Å². The van der Waals surface area contributed by atoms with E-state index < -0.39 is 5.60 Å². The van der Waals surface area contributed by atoms with Gasteiger partial charge >= 0.3 is 0 Å². The molecule has 7 heteroatoms. The molecule has 0 saturated carbocycles. The van der Waals surface area contributed by atoms with Crippen LogP contribution >= 0.6 is 11.6 Å². The van der Waals surface area contributed by atoms with Gasteiger partial charge in [-0.1, -0.05) is 11.6 Å². The fraction of sp³-hybridized carbons (Fsp3) is 0.462. The Morgan fingerprint density at radius 1 is 0.970 bits per heavy atom. The summed E-state index contributed by atoms with van der Waals surface area (Å²) in [6.07, 6.45) is 2.03. The summed E-state index contributed by atoms with van der Waals surface area (Å²) in [6, 6.07) is 14.4. The van der Waals surface area contributed by atoms with Crippen LogP contribution in [0.25, 0.3) is 0 Å². The number of amides is 1. The molecule has 0 atom stereocenters. The third-order valence-corrected chi connectivity index (χ3v) is 6.86. The number of rotatable bonds is 6. The summed E-state index contributed by atoms with van der Waals surface area (Å²) in [5.74, 6) is 0.478. The number of halogens is 1. The third kappa shape index (κ3) is 5.75. The Kier molecular flexibility index (Phi) is 7.37. The van der Waals surface area contributed by atoms with E-state index in [0.29, 0.717) is 27.9 Å². The number of nitrogens with zero attached hydrogens (tertiary/aromatic N) is 1. The lowest BCUT2D eigenvalue weighted by Crippen LogP contribution is -3.18. The first-order chi connectivity index (χ1) is 15.8. The molecule has 0 spiro atoms. The van der Waals surface area contributed by atoms with Gasteiger partial charge in [0.2, 0.25) is 0 Å². The minimum absolute atomic E-state index is 0.000699. The molecule has 33 heavy (non-hydrogen) atoms. The number of carbonyl (C=O) groups excluding carboxylic acids is 2. The molecule has 176 valence electrons. The van der Waals surface area contributed by atoms with Crippen LogP contribution in [-0.4, -0.2) is 67.6 Å². The van der Waals surface area contributed by atoms with Gasteiger partial charge in [0.05, 0.1) is 19.3 Å². The van der Waals surface area contributed by atoms with E-state index in [1.54, 1.807) is 67.3 Å². The highest BCUT2D eigenvalue weighted by atomic mass is 35.5. The van der Waals surface area contributed by atoms with E-state index >= 15 is 0 Å². The highest BCUT2D eigenvalue weighted by molar-refractivity contribution is 6.30. The van der Waals surface area contributed by atoms with Crippen molar-refractivity contribution in [2.24, 2.45) is 0 Å². The molecule has 1 N–H and O–H groups in total. The highest BCUT2D eigenvalue weighted by Crippen LogP contribution is 2.24. The van der Waals surface area contributed by atoms with Crippen LogP contribution < -0.4 is 9.64 Å². The summed E-state index contributed by atoms with van der Waals surface area (Å²) in [7, 11) is 0. The Balaban J connectivity index is 1.33. The minimum atomic E-state index is -0.986. The van der Waals surface area contributed by atoms with E-state index in [9.17, 15) is 9.59 Å². The van der Waals surface area contributed by atoms with E-state index in [4.69, 9.17) is 21.1 Å². The van der Waals surface area contributed by atoms with Gasteiger partial charge in [0.15, 0.2) is 11.4 Å². The smallest absolute Gasteiger partial charge is 0.266 e. The zero-order chi connectivity index (χ0) is 23.4. The Morgan fingerprint density at radius 3 is 2.09 bits per heavy atom. The van der Waals surface area contributed by atoms with E-state index in [1.807, 2.05) is 4.90 Å². The van der Waals surface area contributed by atoms with Crippen molar-refractivity contribution in [2.45, 2.75) is 38.3 Å². The summed E-state index contributed by atoms with van der Waals surface area (Å²) in [4.78, 5) is 29.4. The quantitative estimate of drug-likeness (QED) is 0.658. The minimum Gasteiger partial charge on any atom is -0.478 e. The number of morpholine rings is 1. The third-order valence-electron chi connectivity index (χ3n) is 6.61. The Morgan fingerprint density at radius 2 is 1.52 bits per heavy atom. The lowest BCUT2D eigenvalue weighted by Gasteiger charge is -2.40. The molecule has 6 nitrogen and oxygen atoms in total. The number of ketones is 1. The predicted octanol–water partition coefficient (Wildman–Crippen LogP) is 2.63. The second kappa shape index (κ2) is 10.2. The van der Waals surface area contributed by atoms with Crippen LogP contribution in [0.4, 0.5) is 0 Å². The number of quaternary nitrogens is 1. The monoisotopic (exact) mass is 471 g/mol. The molecule has 2 aromatic carbocycles. The Hall–Kier alpha value is -2.41. The first-order valence-electron chi connectivity index (χ1n) is 11.6. The van der Waals surface area contributed by atoms with Crippen molar-refractivity contribution in [1.29, 1.82) is 0 Å². The van der Waals surface area contributed by atoms with Crippen molar-refractivity contribution in [3.63, 3.8) is 0 Å². The maximum absolute atomic E-state index is 13.2. The van der Waals surface area contributed by atoms with Crippen molar-refractivity contribution in [3.05, 3.63) is 64.7 Å². The van der Waals surface area contributed by atoms with Crippen LogP contribution in [0.2, 0.25) is 5.02 Å². The number of piperidine rings is 1. The molecule has 2 saturated heterocycles. The second-order valence-corrected chi connectivity index (χ2v) is 9.75. The van der Waals surface area contributed by atoms with Crippen LogP contribution in [0.15, 0.2) is 48.5 Å². The lowest BCUT2D eigenvalue weighted by molar-refractivity contribution is -0.934. The van der Waals surface area contributed by atoms with E-state index in [0.717, 1.165) is 52.2 Å². The number of benzene rings is 2. The topological polar surface area (TPSA) is 60.3 Å². The fourth-order valence-corrected chi connectivity index (χ4v) is 4.82. The van der Waals surface area contributed by atoms with Crippen molar-refractivity contribution >= 4 is 23.3 Å². The molecular weight excluding hydrogens is 440 g/mol. The molecule has 0 aliphatic carbocycles. The van der Waals surface area contributed by atoms with Gasteiger partial charge in [-0.2, -0.15) is 0 Å². The maximum Gasteiger partial charge on any atom is 0.266 e. The zero-order valence-electron chi connectivity index (χ0n) is 19.3. The number of hydrogen-bond donors (Lipinski definition) is 1. The molecular formula is C26H32ClN2O4+. The van der Waals surface area contributed by atoms with E-state index in [-0.39, 0.29) is 11.7 Å². The van der Waals surface area contributed by atoms with Gasteiger partial charge in [-0.05, 0) is 62.4 Å².